The summed E-state index contributed by atoms with van der Waals surface area (Å²) in [6.07, 6.45) is 3.33. The molecule has 7 heteroatoms. The molecule has 0 amide bonds. The lowest BCUT2D eigenvalue weighted by Crippen LogP contribution is -2.16. The molecule has 0 spiro atoms. The summed E-state index contributed by atoms with van der Waals surface area (Å²) in [4.78, 5) is 9.40. The predicted octanol–water partition coefficient (Wildman–Crippen LogP) is 6.13. The first kappa shape index (κ1) is 22.7. The molecule has 0 saturated heterocycles. The smallest absolute Gasteiger partial charge is 0.263 e. The maximum Gasteiger partial charge on any atom is 0.263 e. The van der Waals surface area contributed by atoms with Crippen LogP contribution in [0.5, 0.6) is 0 Å². The van der Waals surface area contributed by atoms with Crippen molar-refractivity contribution in [3.8, 4) is 0 Å². The van der Waals surface area contributed by atoms with E-state index in [1.54, 1.807) is 18.2 Å². The van der Waals surface area contributed by atoms with E-state index < -0.39 is 10.0 Å². The molecular formula is C26H28N4O2S. The van der Waals surface area contributed by atoms with Crippen LogP contribution in [0.1, 0.15) is 36.5 Å². The third-order valence-electron chi connectivity index (χ3n) is 5.63. The number of benzene rings is 3. The Labute approximate surface area is 195 Å². The molecule has 0 atom stereocenters. The third kappa shape index (κ3) is 5.31. The Hall–Kier alpha value is -3.45. The van der Waals surface area contributed by atoms with Crippen molar-refractivity contribution in [3.63, 3.8) is 0 Å². The van der Waals surface area contributed by atoms with Crippen LogP contribution in [0.2, 0.25) is 0 Å². The molecule has 0 aliphatic rings. The van der Waals surface area contributed by atoms with Gasteiger partial charge in [0.05, 0.1) is 15.9 Å². The molecule has 0 aliphatic heterocycles. The van der Waals surface area contributed by atoms with Gasteiger partial charge >= 0.3 is 0 Å². The fourth-order valence-corrected chi connectivity index (χ4v) is 4.59. The number of anilines is 3. The fourth-order valence-electron chi connectivity index (χ4n) is 3.50. The predicted molar refractivity (Wildman–Crippen MR) is 135 cm³/mol. The summed E-state index contributed by atoms with van der Waals surface area (Å²) < 4.78 is 28.9. The largest absolute Gasteiger partial charge is 0.337 e. The standard InChI is InChI=1S/C26H28N4O2S/c1-4-5-8-20-12-14-21(15-13-20)27-25-26(29-24-10-7-6-9-23(24)28-25)30-33(31,32)22-16-11-18(2)19(3)17-22/h6-7,9-17H,4-5,8H2,1-3H3,(H,27,28)(H,29,30). The van der Waals surface area contributed by atoms with Crippen molar-refractivity contribution >= 4 is 38.4 Å². The Balaban J connectivity index is 1.69. The van der Waals surface area contributed by atoms with Crippen LogP contribution in [-0.2, 0) is 16.4 Å². The summed E-state index contributed by atoms with van der Waals surface area (Å²) in [5.74, 6) is 0.504. The number of nitrogens with zero attached hydrogens (tertiary/aromatic N) is 2. The van der Waals surface area contributed by atoms with Crippen LogP contribution in [0.15, 0.2) is 71.6 Å². The molecular weight excluding hydrogens is 432 g/mol. The van der Waals surface area contributed by atoms with Gasteiger partial charge in [-0.15, -0.1) is 0 Å². The number of unbranched alkanes of at least 4 members (excludes halogenated alkanes) is 1. The topological polar surface area (TPSA) is 84.0 Å². The first-order valence-corrected chi connectivity index (χ1v) is 12.6. The molecule has 2 N–H and O–H groups in total. The van der Waals surface area contributed by atoms with Crippen molar-refractivity contribution in [3.05, 3.63) is 83.4 Å². The zero-order valence-corrected chi connectivity index (χ0v) is 19.9. The van der Waals surface area contributed by atoms with E-state index in [0.717, 1.165) is 36.1 Å². The van der Waals surface area contributed by atoms with Gasteiger partial charge in [-0.3, -0.25) is 4.72 Å². The molecule has 0 saturated carbocycles. The highest BCUT2D eigenvalue weighted by atomic mass is 32.2. The van der Waals surface area contributed by atoms with Crippen LogP contribution in [0, 0.1) is 13.8 Å². The number of hydrogen-bond acceptors (Lipinski definition) is 5. The minimum Gasteiger partial charge on any atom is -0.337 e. The van der Waals surface area contributed by atoms with Crippen LogP contribution in [0.3, 0.4) is 0 Å². The molecule has 170 valence electrons. The zero-order valence-electron chi connectivity index (χ0n) is 19.1. The van der Waals surface area contributed by atoms with Gasteiger partial charge in [0.2, 0.25) is 0 Å². The highest BCUT2D eigenvalue weighted by Gasteiger charge is 2.19. The number of para-hydroxylation sites is 2. The van der Waals surface area contributed by atoms with Gasteiger partial charge in [-0.2, -0.15) is 0 Å². The first-order valence-electron chi connectivity index (χ1n) is 11.1. The van der Waals surface area contributed by atoms with Crippen LogP contribution in [0.25, 0.3) is 11.0 Å². The second-order valence-electron chi connectivity index (χ2n) is 8.19. The number of aryl methyl sites for hydroxylation is 3. The van der Waals surface area contributed by atoms with E-state index in [2.05, 4.69) is 39.1 Å². The molecule has 1 heterocycles. The minimum atomic E-state index is -3.85. The van der Waals surface area contributed by atoms with Gasteiger partial charge in [0.25, 0.3) is 10.0 Å². The van der Waals surface area contributed by atoms with Crippen molar-refractivity contribution in [1.82, 2.24) is 9.97 Å². The van der Waals surface area contributed by atoms with Crippen LogP contribution in [-0.4, -0.2) is 18.4 Å². The van der Waals surface area contributed by atoms with Gasteiger partial charge in [-0.25, -0.2) is 18.4 Å². The summed E-state index contributed by atoms with van der Waals surface area (Å²) in [5.41, 5.74) is 5.30. The van der Waals surface area contributed by atoms with E-state index in [1.807, 2.05) is 50.2 Å². The van der Waals surface area contributed by atoms with E-state index in [0.29, 0.717) is 16.9 Å². The fraction of sp³-hybridized carbons (Fsp3) is 0.231. The summed E-state index contributed by atoms with van der Waals surface area (Å²) >= 11 is 0. The van der Waals surface area contributed by atoms with E-state index in [-0.39, 0.29) is 10.7 Å². The Morgan fingerprint density at radius 2 is 1.48 bits per heavy atom. The van der Waals surface area contributed by atoms with Gasteiger partial charge < -0.3 is 5.32 Å². The number of fused-ring (bicyclic) bond motifs is 1. The monoisotopic (exact) mass is 460 g/mol. The number of sulfonamides is 1. The second kappa shape index (κ2) is 9.58. The molecule has 6 nitrogen and oxygen atoms in total. The number of hydrogen-bond donors (Lipinski definition) is 2. The van der Waals surface area contributed by atoms with Gasteiger partial charge in [0, 0.05) is 5.69 Å². The molecule has 0 unspecified atom stereocenters. The molecule has 4 aromatic rings. The molecule has 0 bridgehead atoms. The lowest BCUT2D eigenvalue weighted by atomic mass is 10.1. The highest BCUT2D eigenvalue weighted by molar-refractivity contribution is 7.92. The molecule has 33 heavy (non-hydrogen) atoms. The Morgan fingerprint density at radius 1 is 0.818 bits per heavy atom. The van der Waals surface area contributed by atoms with Crippen LogP contribution < -0.4 is 10.0 Å². The molecule has 0 aliphatic carbocycles. The normalized spacial score (nSPS) is 11.5. The molecule has 0 radical (unpaired) electrons. The zero-order chi connectivity index (χ0) is 23.4. The van der Waals surface area contributed by atoms with Gasteiger partial charge in [0.15, 0.2) is 11.6 Å². The highest BCUT2D eigenvalue weighted by Crippen LogP contribution is 2.28. The van der Waals surface area contributed by atoms with Crippen molar-refractivity contribution in [1.29, 1.82) is 0 Å². The van der Waals surface area contributed by atoms with E-state index in [9.17, 15) is 8.42 Å². The Bertz CT molecular complexity index is 1380. The quantitative estimate of drug-likeness (QED) is 0.330. The molecule has 0 fully saturated rings. The molecule has 4 rings (SSSR count). The van der Waals surface area contributed by atoms with E-state index in [4.69, 9.17) is 0 Å². The van der Waals surface area contributed by atoms with Gasteiger partial charge in [-0.05, 0) is 79.8 Å². The minimum absolute atomic E-state index is 0.155. The average molecular weight is 461 g/mol. The first-order chi connectivity index (χ1) is 15.9. The second-order valence-corrected chi connectivity index (χ2v) is 9.87. The van der Waals surface area contributed by atoms with Crippen LogP contribution in [0.4, 0.5) is 17.3 Å². The Kier molecular flexibility index (Phi) is 6.60. The number of rotatable bonds is 8. The summed E-state index contributed by atoms with van der Waals surface area (Å²) in [6.45, 7) is 6.01. The lowest BCUT2D eigenvalue weighted by molar-refractivity contribution is 0.601. The van der Waals surface area contributed by atoms with Crippen molar-refractivity contribution < 1.29 is 8.42 Å². The summed E-state index contributed by atoms with van der Waals surface area (Å²) in [5, 5.41) is 3.24. The molecule has 1 aromatic heterocycles. The van der Waals surface area contributed by atoms with Gasteiger partial charge in [-0.1, -0.05) is 43.7 Å². The van der Waals surface area contributed by atoms with E-state index >= 15 is 0 Å². The maximum atomic E-state index is 13.1. The van der Waals surface area contributed by atoms with Gasteiger partial charge in [0.1, 0.15) is 0 Å². The lowest BCUT2D eigenvalue weighted by Gasteiger charge is -2.14. The van der Waals surface area contributed by atoms with Crippen LogP contribution >= 0.6 is 0 Å². The average Bonchev–Trinajstić information content (AvgIpc) is 2.80. The number of aromatic nitrogens is 2. The summed E-state index contributed by atoms with van der Waals surface area (Å²) in [7, 11) is -3.85. The Morgan fingerprint density at radius 3 is 2.12 bits per heavy atom. The van der Waals surface area contributed by atoms with Crippen molar-refractivity contribution in [2.45, 2.75) is 44.9 Å². The SMILES string of the molecule is CCCCc1ccc(Nc2nc3ccccc3nc2NS(=O)(=O)c2ccc(C)c(C)c2)cc1. The van der Waals surface area contributed by atoms with Crippen molar-refractivity contribution in [2.75, 3.05) is 10.0 Å². The number of nitrogens with one attached hydrogen (secondary N) is 2. The summed E-state index contributed by atoms with van der Waals surface area (Å²) in [6, 6.07) is 20.5. The third-order valence-corrected chi connectivity index (χ3v) is 6.96. The maximum absolute atomic E-state index is 13.1. The van der Waals surface area contributed by atoms with E-state index in [1.165, 1.54) is 5.56 Å². The molecule has 3 aromatic carbocycles. The van der Waals surface area contributed by atoms with Crippen molar-refractivity contribution in [2.24, 2.45) is 0 Å².